The second-order valence-corrected chi connectivity index (χ2v) is 5.31. The Bertz CT molecular complexity index is 363. The van der Waals surface area contributed by atoms with Gasteiger partial charge in [-0.15, -0.1) is 0 Å². The largest absolute Gasteiger partial charge is 0.492 e. The van der Waals surface area contributed by atoms with Gasteiger partial charge in [-0.1, -0.05) is 17.7 Å². The minimum absolute atomic E-state index is 0.584. The lowest BCUT2D eigenvalue weighted by molar-refractivity contribution is 0.123. The standard InChI is InChI=1S/C15H24N2O/c1-12-4-6-15(7-5-12)18-9-8-17-11-13(2)16-10-14(17)3/h4-7,13-14,16H,8-11H2,1-3H3. The zero-order valence-electron chi connectivity index (χ0n) is 11.6. The summed E-state index contributed by atoms with van der Waals surface area (Å²) in [5.41, 5.74) is 1.27. The summed E-state index contributed by atoms with van der Waals surface area (Å²) in [5, 5.41) is 3.49. The van der Waals surface area contributed by atoms with Crippen molar-refractivity contribution in [2.24, 2.45) is 0 Å². The molecule has 1 saturated heterocycles. The van der Waals surface area contributed by atoms with Crippen molar-refractivity contribution in [3.05, 3.63) is 29.8 Å². The highest BCUT2D eigenvalue weighted by Gasteiger charge is 2.21. The van der Waals surface area contributed by atoms with Gasteiger partial charge in [-0.2, -0.15) is 0 Å². The van der Waals surface area contributed by atoms with Crippen LogP contribution in [0.2, 0.25) is 0 Å². The van der Waals surface area contributed by atoms with Gasteiger partial charge in [-0.25, -0.2) is 0 Å². The second-order valence-electron chi connectivity index (χ2n) is 5.31. The van der Waals surface area contributed by atoms with Crippen molar-refractivity contribution in [1.82, 2.24) is 10.2 Å². The molecule has 100 valence electrons. The van der Waals surface area contributed by atoms with Crippen LogP contribution in [-0.2, 0) is 0 Å². The second kappa shape index (κ2) is 6.21. The first-order chi connectivity index (χ1) is 8.65. The zero-order chi connectivity index (χ0) is 13.0. The third kappa shape index (κ3) is 3.72. The van der Waals surface area contributed by atoms with Crippen molar-refractivity contribution in [3.8, 4) is 5.75 Å². The van der Waals surface area contributed by atoms with Crippen LogP contribution in [0, 0.1) is 6.92 Å². The Kier molecular flexibility index (Phi) is 4.61. The van der Waals surface area contributed by atoms with Gasteiger partial charge in [0, 0.05) is 31.7 Å². The maximum atomic E-state index is 5.79. The normalized spacial score (nSPS) is 25.1. The minimum atomic E-state index is 0.584. The SMILES string of the molecule is Cc1ccc(OCCN2CC(C)NCC2C)cc1. The van der Waals surface area contributed by atoms with E-state index >= 15 is 0 Å². The van der Waals surface area contributed by atoms with Crippen molar-refractivity contribution >= 4 is 0 Å². The van der Waals surface area contributed by atoms with E-state index in [0.29, 0.717) is 12.1 Å². The molecule has 1 heterocycles. The molecule has 0 amide bonds. The van der Waals surface area contributed by atoms with E-state index in [-0.39, 0.29) is 0 Å². The lowest BCUT2D eigenvalue weighted by atomic mass is 10.1. The number of rotatable bonds is 4. The molecule has 0 bridgehead atoms. The maximum absolute atomic E-state index is 5.79. The average Bonchev–Trinajstić information content (AvgIpc) is 2.36. The Morgan fingerprint density at radius 2 is 2.00 bits per heavy atom. The molecule has 0 saturated carbocycles. The molecule has 0 aromatic heterocycles. The summed E-state index contributed by atoms with van der Waals surface area (Å²) in [6, 6.07) is 9.44. The smallest absolute Gasteiger partial charge is 0.119 e. The van der Waals surface area contributed by atoms with E-state index in [0.717, 1.165) is 32.0 Å². The van der Waals surface area contributed by atoms with Crippen molar-refractivity contribution in [2.75, 3.05) is 26.2 Å². The van der Waals surface area contributed by atoms with Gasteiger partial charge >= 0.3 is 0 Å². The van der Waals surface area contributed by atoms with Gasteiger partial charge in [0.05, 0.1) is 0 Å². The Morgan fingerprint density at radius 3 is 2.72 bits per heavy atom. The van der Waals surface area contributed by atoms with Gasteiger partial charge in [-0.05, 0) is 32.9 Å². The molecule has 2 unspecified atom stereocenters. The lowest BCUT2D eigenvalue weighted by Gasteiger charge is -2.37. The van der Waals surface area contributed by atoms with Crippen molar-refractivity contribution < 1.29 is 4.74 Å². The number of ether oxygens (including phenoxy) is 1. The van der Waals surface area contributed by atoms with Gasteiger partial charge < -0.3 is 10.1 Å². The quantitative estimate of drug-likeness (QED) is 0.882. The Hall–Kier alpha value is -1.06. The van der Waals surface area contributed by atoms with E-state index in [9.17, 15) is 0 Å². The highest BCUT2D eigenvalue weighted by atomic mass is 16.5. The van der Waals surface area contributed by atoms with Gasteiger partial charge in [0.25, 0.3) is 0 Å². The third-order valence-corrected chi connectivity index (χ3v) is 3.56. The van der Waals surface area contributed by atoms with Gasteiger partial charge in [0.1, 0.15) is 12.4 Å². The van der Waals surface area contributed by atoms with E-state index in [1.54, 1.807) is 0 Å². The van der Waals surface area contributed by atoms with Crippen molar-refractivity contribution in [1.29, 1.82) is 0 Å². The molecule has 0 spiro atoms. The van der Waals surface area contributed by atoms with Crippen LogP contribution in [0.3, 0.4) is 0 Å². The lowest BCUT2D eigenvalue weighted by Crippen LogP contribution is -2.55. The van der Waals surface area contributed by atoms with Crippen LogP contribution >= 0.6 is 0 Å². The highest BCUT2D eigenvalue weighted by Crippen LogP contribution is 2.12. The van der Waals surface area contributed by atoms with Gasteiger partial charge in [0.2, 0.25) is 0 Å². The molecular weight excluding hydrogens is 224 g/mol. The fraction of sp³-hybridized carbons (Fsp3) is 0.600. The molecule has 1 aliphatic rings. The number of nitrogens with one attached hydrogen (secondary N) is 1. The molecule has 2 atom stereocenters. The number of nitrogens with zero attached hydrogens (tertiary/aromatic N) is 1. The zero-order valence-corrected chi connectivity index (χ0v) is 11.6. The number of hydrogen-bond acceptors (Lipinski definition) is 3. The van der Waals surface area contributed by atoms with Crippen LogP contribution in [0.5, 0.6) is 5.75 Å². The fourth-order valence-electron chi connectivity index (χ4n) is 2.32. The summed E-state index contributed by atoms with van der Waals surface area (Å²) < 4.78 is 5.79. The number of aryl methyl sites for hydroxylation is 1. The van der Waals surface area contributed by atoms with E-state index in [1.807, 2.05) is 12.1 Å². The molecular formula is C15H24N2O. The molecule has 1 aromatic carbocycles. The first kappa shape index (κ1) is 13.4. The van der Waals surface area contributed by atoms with Crippen LogP contribution in [0.1, 0.15) is 19.4 Å². The Labute approximate surface area is 110 Å². The number of hydrogen-bond donors (Lipinski definition) is 1. The molecule has 3 heteroatoms. The van der Waals surface area contributed by atoms with Gasteiger partial charge in [-0.3, -0.25) is 4.90 Å². The molecule has 0 aliphatic carbocycles. The molecule has 1 aliphatic heterocycles. The Balaban J connectivity index is 1.76. The van der Waals surface area contributed by atoms with E-state index in [1.165, 1.54) is 5.56 Å². The predicted octanol–water partition coefficient (Wildman–Crippen LogP) is 2.06. The minimum Gasteiger partial charge on any atom is -0.492 e. The topological polar surface area (TPSA) is 24.5 Å². The molecule has 3 nitrogen and oxygen atoms in total. The van der Waals surface area contributed by atoms with E-state index in [4.69, 9.17) is 4.74 Å². The van der Waals surface area contributed by atoms with Crippen LogP contribution in [-0.4, -0.2) is 43.2 Å². The monoisotopic (exact) mass is 248 g/mol. The Morgan fingerprint density at radius 1 is 1.28 bits per heavy atom. The van der Waals surface area contributed by atoms with E-state index < -0.39 is 0 Å². The summed E-state index contributed by atoms with van der Waals surface area (Å²) in [7, 11) is 0. The third-order valence-electron chi connectivity index (χ3n) is 3.56. The fourth-order valence-corrected chi connectivity index (χ4v) is 2.32. The van der Waals surface area contributed by atoms with Crippen LogP contribution in [0.25, 0.3) is 0 Å². The summed E-state index contributed by atoms with van der Waals surface area (Å²) in [5.74, 6) is 0.969. The number of piperazine rings is 1. The predicted molar refractivity (Wildman–Crippen MR) is 75.2 cm³/mol. The number of benzene rings is 1. The van der Waals surface area contributed by atoms with Crippen LogP contribution < -0.4 is 10.1 Å². The van der Waals surface area contributed by atoms with Crippen LogP contribution in [0.15, 0.2) is 24.3 Å². The van der Waals surface area contributed by atoms with Gasteiger partial charge in [0.15, 0.2) is 0 Å². The summed E-state index contributed by atoms with van der Waals surface area (Å²) in [4.78, 5) is 2.50. The molecule has 0 radical (unpaired) electrons. The molecule has 1 fully saturated rings. The van der Waals surface area contributed by atoms with Crippen molar-refractivity contribution in [3.63, 3.8) is 0 Å². The summed E-state index contributed by atoms with van der Waals surface area (Å²) in [6.07, 6.45) is 0. The first-order valence-electron chi connectivity index (χ1n) is 6.82. The molecule has 1 N–H and O–H groups in total. The van der Waals surface area contributed by atoms with E-state index in [2.05, 4.69) is 43.1 Å². The maximum Gasteiger partial charge on any atom is 0.119 e. The molecule has 18 heavy (non-hydrogen) atoms. The first-order valence-corrected chi connectivity index (χ1v) is 6.82. The van der Waals surface area contributed by atoms with Crippen molar-refractivity contribution in [2.45, 2.75) is 32.9 Å². The molecule has 2 rings (SSSR count). The average molecular weight is 248 g/mol. The summed E-state index contributed by atoms with van der Waals surface area (Å²) in [6.45, 7) is 10.5. The molecule has 1 aromatic rings. The summed E-state index contributed by atoms with van der Waals surface area (Å²) >= 11 is 0. The highest BCUT2D eigenvalue weighted by molar-refractivity contribution is 5.26. The van der Waals surface area contributed by atoms with Crippen LogP contribution in [0.4, 0.5) is 0 Å².